The first kappa shape index (κ1) is 15.3. The maximum Gasteiger partial charge on any atom is 0.0474 e. The Bertz CT molecular complexity index is 249. The standard InChI is InChI=1S/C16H32N2O/c17-13-16(10-6-2-1-3-7-11-16)18-15-9-5-4-8-14(15)12-19/h14-15,18-19H,1-13,17H2. The molecule has 0 amide bonds. The number of hydrogen-bond acceptors (Lipinski definition) is 3. The average Bonchev–Trinajstić information content (AvgIpc) is 2.42. The second-order valence-corrected chi connectivity index (χ2v) is 6.73. The number of nitrogens with one attached hydrogen (secondary N) is 1. The molecule has 2 aliphatic carbocycles. The smallest absolute Gasteiger partial charge is 0.0474 e. The van der Waals surface area contributed by atoms with Gasteiger partial charge in [-0.05, 0) is 31.6 Å². The van der Waals surface area contributed by atoms with Gasteiger partial charge in [0.2, 0.25) is 0 Å². The second kappa shape index (κ2) is 7.61. The Morgan fingerprint density at radius 3 is 2.21 bits per heavy atom. The summed E-state index contributed by atoms with van der Waals surface area (Å²) in [4.78, 5) is 0. The molecule has 2 saturated carbocycles. The zero-order chi connectivity index (χ0) is 13.6. The van der Waals surface area contributed by atoms with Crippen LogP contribution >= 0.6 is 0 Å². The summed E-state index contributed by atoms with van der Waals surface area (Å²) in [6.07, 6.45) is 14.1. The molecule has 0 aromatic rings. The third-order valence-corrected chi connectivity index (χ3v) is 5.34. The number of nitrogens with two attached hydrogens (primary N) is 1. The molecule has 0 bridgehead atoms. The summed E-state index contributed by atoms with van der Waals surface area (Å²) in [7, 11) is 0. The summed E-state index contributed by atoms with van der Waals surface area (Å²) >= 11 is 0. The van der Waals surface area contributed by atoms with Gasteiger partial charge in [0.05, 0.1) is 0 Å². The van der Waals surface area contributed by atoms with E-state index in [4.69, 9.17) is 5.73 Å². The van der Waals surface area contributed by atoms with Crippen LogP contribution in [0.1, 0.15) is 70.6 Å². The Hall–Kier alpha value is -0.120. The third kappa shape index (κ3) is 4.17. The van der Waals surface area contributed by atoms with E-state index in [1.54, 1.807) is 0 Å². The van der Waals surface area contributed by atoms with Crippen LogP contribution in [0, 0.1) is 5.92 Å². The largest absolute Gasteiger partial charge is 0.396 e. The number of rotatable bonds is 4. The van der Waals surface area contributed by atoms with Crippen molar-refractivity contribution >= 4 is 0 Å². The molecular weight excluding hydrogens is 236 g/mol. The van der Waals surface area contributed by atoms with Crippen LogP contribution in [-0.4, -0.2) is 29.8 Å². The fourth-order valence-corrected chi connectivity index (χ4v) is 4.00. The monoisotopic (exact) mass is 268 g/mol. The van der Waals surface area contributed by atoms with E-state index < -0.39 is 0 Å². The molecule has 2 rings (SSSR count). The minimum Gasteiger partial charge on any atom is -0.396 e. The molecule has 19 heavy (non-hydrogen) atoms. The zero-order valence-corrected chi connectivity index (χ0v) is 12.4. The van der Waals surface area contributed by atoms with E-state index in [2.05, 4.69) is 5.32 Å². The van der Waals surface area contributed by atoms with Crippen molar-refractivity contribution in [2.24, 2.45) is 11.7 Å². The summed E-state index contributed by atoms with van der Waals surface area (Å²) < 4.78 is 0. The Morgan fingerprint density at radius 2 is 1.58 bits per heavy atom. The first-order valence-corrected chi connectivity index (χ1v) is 8.38. The summed E-state index contributed by atoms with van der Waals surface area (Å²) in [5, 5.41) is 13.5. The van der Waals surface area contributed by atoms with Gasteiger partial charge in [-0.1, -0.05) is 44.9 Å². The normalized spacial score (nSPS) is 32.5. The average molecular weight is 268 g/mol. The van der Waals surface area contributed by atoms with E-state index in [9.17, 15) is 5.11 Å². The van der Waals surface area contributed by atoms with Crippen molar-refractivity contribution in [3.63, 3.8) is 0 Å². The molecule has 2 aliphatic rings. The third-order valence-electron chi connectivity index (χ3n) is 5.34. The van der Waals surface area contributed by atoms with Crippen molar-refractivity contribution in [3.8, 4) is 0 Å². The molecule has 4 N–H and O–H groups in total. The van der Waals surface area contributed by atoms with Crippen molar-refractivity contribution in [1.29, 1.82) is 0 Å². The molecule has 2 fully saturated rings. The summed E-state index contributed by atoms with van der Waals surface area (Å²) in [5.41, 5.74) is 6.29. The molecule has 2 atom stereocenters. The van der Waals surface area contributed by atoms with E-state index in [1.165, 1.54) is 70.6 Å². The highest BCUT2D eigenvalue weighted by molar-refractivity contribution is 4.95. The lowest BCUT2D eigenvalue weighted by Crippen LogP contribution is -2.58. The summed E-state index contributed by atoms with van der Waals surface area (Å²) in [6.45, 7) is 1.08. The van der Waals surface area contributed by atoms with Crippen LogP contribution in [0.3, 0.4) is 0 Å². The van der Waals surface area contributed by atoms with Gasteiger partial charge in [-0.2, -0.15) is 0 Å². The van der Waals surface area contributed by atoms with Crippen molar-refractivity contribution in [1.82, 2.24) is 5.32 Å². The maximum atomic E-state index is 9.58. The van der Waals surface area contributed by atoms with Gasteiger partial charge in [0.25, 0.3) is 0 Å². The summed E-state index contributed by atoms with van der Waals surface area (Å²) in [5.74, 6) is 0.447. The number of aliphatic hydroxyl groups is 1. The Kier molecular flexibility index (Phi) is 6.11. The lowest BCUT2D eigenvalue weighted by Gasteiger charge is -2.42. The molecule has 0 saturated heterocycles. The highest BCUT2D eigenvalue weighted by atomic mass is 16.3. The molecule has 112 valence electrons. The van der Waals surface area contributed by atoms with E-state index in [-0.39, 0.29) is 5.54 Å². The molecular formula is C16H32N2O. The minimum atomic E-state index is 0.149. The van der Waals surface area contributed by atoms with E-state index in [0.29, 0.717) is 18.6 Å². The Labute approximate surface area is 118 Å². The first-order chi connectivity index (χ1) is 9.29. The SMILES string of the molecule is NCC1(NC2CCCCC2CO)CCCCCCC1. The van der Waals surface area contributed by atoms with Crippen LogP contribution in [0.2, 0.25) is 0 Å². The topological polar surface area (TPSA) is 58.3 Å². The van der Waals surface area contributed by atoms with Gasteiger partial charge in [0.15, 0.2) is 0 Å². The van der Waals surface area contributed by atoms with Gasteiger partial charge in [-0.15, -0.1) is 0 Å². The van der Waals surface area contributed by atoms with E-state index in [0.717, 1.165) is 6.54 Å². The molecule has 0 radical (unpaired) electrons. The van der Waals surface area contributed by atoms with Crippen molar-refractivity contribution in [3.05, 3.63) is 0 Å². The molecule has 0 heterocycles. The van der Waals surface area contributed by atoms with Crippen LogP contribution < -0.4 is 11.1 Å². The van der Waals surface area contributed by atoms with Gasteiger partial charge < -0.3 is 16.2 Å². The molecule has 3 nitrogen and oxygen atoms in total. The molecule has 3 heteroatoms. The van der Waals surface area contributed by atoms with E-state index in [1.807, 2.05) is 0 Å². The summed E-state index contributed by atoms with van der Waals surface area (Å²) in [6, 6.07) is 0.488. The highest BCUT2D eigenvalue weighted by Gasteiger charge is 2.34. The molecule has 0 spiro atoms. The number of aliphatic hydroxyl groups excluding tert-OH is 1. The van der Waals surface area contributed by atoms with Crippen molar-refractivity contribution < 1.29 is 5.11 Å². The van der Waals surface area contributed by atoms with Crippen LogP contribution in [0.4, 0.5) is 0 Å². The molecule has 0 aromatic heterocycles. The second-order valence-electron chi connectivity index (χ2n) is 6.73. The minimum absolute atomic E-state index is 0.149. The lowest BCUT2D eigenvalue weighted by molar-refractivity contribution is 0.117. The number of hydrogen-bond donors (Lipinski definition) is 3. The molecule has 0 aromatic carbocycles. The van der Waals surface area contributed by atoms with E-state index >= 15 is 0 Å². The van der Waals surface area contributed by atoms with Gasteiger partial charge in [0.1, 0.15) is 0 Å². The Morgan fingerprint density at radius 1 is 0.947 bits per heavy atom. The highest BCUT2D eigenvalue weighted by Crippen LogP contribution is 2.30. The van der Waals surface area contributed by atoms with Crippen LogP contribution in [0.15, 0.2) is 0 Å². The van der Waals surface area contributed by atoms with Crippen LogP contribution in [0.5, 0.6) is 0 Å². The lowest BCUT2D eigenvalue weighted by atomic mass is 9.79. The Balaban J connectivity index is 1.98. The molecule has 0 aliphatic heterocycles. The van der Waals surface area contributed by atoms with Crippen LogP contribution in [0.25, 0.3) is 0 Å². The van der Waals surface area contributed by atoms with Crippen molar-refractivity contribution in [2.75, 3.05) is 13.2 Å². The van der Waals surface area contributed by atoms with Gasteiger partial charge >= 0.3 is 0 Å². The van der Waals surface area contributed by atoms with Gasteiger partial charge in [-0.25, -0.2) is 0 Å². The maximum absolute atomic E-state index is 9.58. The van der Waals surface area contributed by atoms with Gasteiger partial charge in [-0.3, -0.25) is 0 Å². The first-order valence-electron chi connectivity index (χ1n) is 8.38. The fraction of sp³-hybridized carbons (Fsp3) is 1.00. The predicted molar refractivity (Wildman–Crippen MR) is 80.1 cm³/mol. The fourth-order valence-electron chi connectivity index (χ4n) is 4.00. The van der Waals surface area contributed by atoms with Crippen molar-refractivity contribution in [2.45, 2.75) is 82.2 Å². The van der Waals surface area contributed by atoms with Crippen LogP contribution in [-0.2, 0) is 0 Å². The van der Waals surface area contributed by atoms with Gasteiger partial charge in [0, 0.05) is 24.7 Å². The predicted octanol–water partition coefficient (Wildman–Crippen LogP) is 2.57. The zero-order valence-electron chi connectivity index (χ0n) is 12.4. The quantitative estimate of drug-likeness (QED) is 0.734. The molecule has 2 unspecified atom stereocenters.